The Bertz CT molecular complexity index is 634. The van der Waals surface area contributed by atoms with Gasteiger partial charge in [0, 0.05) is 18.5 Å². The van der Waals surface area contributed by atoms with Crippen molar-refractivity contribution in [3.63, 3.8) is 0 Å². The number of carbonyl (C=O) groups excluding carboxylic acids is 2. The SMILES string of the molecule is C=C(CCC(C)=O)NC(C(=O)OC1C=C(CCCCC)CC(N=O)=C1)C(C)C. The van der Waals surface area contributed by atoms with E-state index in [9.17, 15) is 14.5 Å². The summed E-state index contributed by atoms with van der Waals surface area (Å²) in [5, 5.41) is 6.16. The van der Waals surface area contributed by atoms with E-state index in [1.807, 2.05) is 19.9 Å². The van der Waals surface area contributed by atoms with E-state index in [1.54, 1.807) is 6.08 Å². The first-order valence-corrected chi connectivity index (χ1v) is 10.1. The number of Topliss-reactive ketones (excluding diaryl/α,β-unsaturated/α-hetero) is 1. The minimum atomic E-state index is -0.584. The van der Waals surface area contributed by atoms with Gasteiger partial charge in [-0.25, -0.2) is 4.79 Å². The molecule has 0 aliphatic heterocycles. The predicted molar refractivity (Wildman–Crippen MR) is 111 cm³/mol. The number of nitrogens with zero attached hydrogens (tertiary/aromatic N) is 1. The molecule has 6 nitrogen and oxygen atoms in total. The lowest BCUT2D eigenvalue weighted by Crippen LogP contribution is -2.42. The third-order valence-corrected chi connectivity index (χ3v) is 4.69. The molecule has 0 saturated heterocycles. The van der Waals surface area contributed by atoms with E-state index in [2.05, 4.69) is 24.0 Å². The summed E-state index contributed by atoms with van der Waals surface area (Å²) in [7, 11) is 0. The highest BCUT2D eigenvalue weighted by atomic mass is 16.5. The zero-order valence-corrected chi connectivity index (χ0v) is 17.6. The van der Waals surface area contributed by atoms with Gasteiger partial charge in [0.15, 0.2) is 0 Å². The zero-order chi connectivity index (χ0) is 21.1. The number of ketones is 1. The maximum Gasteiger partial charge on any atom is 0.329 e. The van der Waals surface area contributed by atoms with Crippen LogP contribution < -0.4 is 5.32 Å². The van der Waals surface area contributed by atoms with Gasteiger partial charge in [0.1, 0.15) is 17.9 Å². The van der Waals surface area contributed by atoms with E-state index >= 15 is 0 Å². The lowest BCUT2D eigenvalue weighted by atomic mass is 9.96. The van der Waals surface area contributed by atoms with Crippen LogP contribution in [0, 0.1) is 10.8 Å². The molecular weight excluding hydrogens is 356 g/mol. The van der Waals surface area contributed by atoms with Gasteiger partial charge in [-0.1, -0.05) is 45.8 Å². The quantitative estimate of drug-likeness (QED) is 0.208. The number of rotatable bonds is 13. The Labute approximate surface area is 168 Å². The van der Waals surface area contributed by atoms with Crippen molar-refractivity contribution in [2.24, 2.45) is 11.1 Å². The van der Waals surface area contributed by atoms with Crippen LogP contribution in [-0.4, -0.2) is 23.9 Å². The number of esters is 1. The molecule has 0 amide bonds. The number of ether oxygens (including phenoxy) is 1. The highest BCUT2D eigenvalue weighted by Crippen LogP contribution is 2.26. The lowest BCUT2D eigenvalue weighted by molar-refractivity contribution is -0.148. The van der Waals surface area contributed by atoms with Gasteiger partial charge >= 0.3 is 5.97 Å². The van der Waals surface area contributed by atoms with E-state index < -0.39 is 18.1 Å². The largest absolute Gasteiger partial charge is 0.452 e. The monoisotopic (exact) mass is 390 g/mol. The second-order valence-corrected chi connectivity index (χ2v) is 7.78. The first kappa shape index (κ1) is 23.8. The molecule has 2 atom stereocenters. The molecule has 0 spiro atoms. The summed E-state index contributed by atoms with van der Waals surface area (Å²) in [4.78, 5) is 34.9. The van der Waals surface area contributed by atoms with Gasteiger partial charge in [-0.2, -0.15) is 0 Å². The highest BCUT2D eigenvalue weighted by molar-refractivity contribution is 5.77. The highest BCUT2D eigenvalue weighted by Gasteiger charge is 2.27. The summed E-state index contributed by atoms with van der Waals surface area (Å²) >= 11 is 0. The van der Waals surface area contributed by atoms with Crippen LogP contribution in [0.4, 0.5) is 0 Å². The number of allylic oxidation sites excluding steroid dienone is 2. The number of nitroso groups, excluding NO2 is 1. The molecule has 0 aromatic carbocycles. The molecule has 0 fully saturated rings. The van der Waals surface area contributed by atoms with Crippen LogP contribution in [-0.2, 0) is 14.3 Å². The molecule has 28 heavy (non-hydrogen) atoms. The van der Waals surface area contributed by atoms with E-state index in [0.29, 0.717) is 30.7 Å². The van der Waals surface area contributed by atoms with Crippen molar-refractivity contribution in [2.45, 2.75) is 84.8 Å². The van der Waals surface area contributed by atoms with E-state index in [-0.39, 0.29) is 11.7 Å². The predicted octanol–water partition coefficient (Wildman–Crippen LogP) is 4.96. The number of unbranched alkanes of at least 4 members (excludes halogenated alkanes) is 2. The van der Waals surface area contributed by atoms with Gasteiger partial charge in [-0.3, -0.25) is 0 Å². The van der Waals surface area contributed by atoms with Crippen LogP contribution in [0.2, 0.25) is 0 Å². The topological polar surface area (TPSA) is 84.8 Å². The van der Waals surface area contributed by atoms with Crippen molar-refractivity contribution in [2.75, 3.05) is 0 Å². The van der Waals surface area contributed by atoms with Crippen LogP contribution in [0.3, 0.4) is 0 Å². The summed E-state index contributed by atoms with van der Waals surface area (Å²) in [6, 6.07) is -0.570. The van der Waals surface area contributed by atoms with Crippen molar-refractivity contribution in [1.82, 2.24) is 5.32 Å². The Hall–Kier alpha value is -2.24. The third-order valence-electron chi connectivity index (χ3n) is 4.69. The third kappa shape index (κ3) is 8.63. The van der Waals surface area contributed by atoms with Gasteiger partial charge in [0.25, 0.3) is 0 Å². The molecule has 1 rings (SSSR count). The van der Waals surface area contributed by atoms with Gasteiger partial charge in [0.2, 0.25) is 0 Å². The van der Waals surface area contributed by atoms with Crippen molar-refractivity contribution < 1.29 is 14.3 Å². The first-order valence-electron chi connectivity index (χ1n) is 10.1. The van der Waals surface area contributed by atoms with Crippen LogP contribution >= 0.6 is 0 Å². The Morgan fingerprint density at radius 3 is 2.57 bits per heavy atom. The van der Waals surface area contributed by atoms with Gasteiger partial charge in [0.05, 0.1) is 5.70 Å². The Morgan fingerprint density at radius 1 is 1.29 bits per heavy atom. The minimum Gasteiger partial charge on any atom is -0.452 e. The normalized spacial score (nSPS) is 17.4. The average molecular weight is 391 g/mol. The second kappa shape index (κ2) is 12.3. The minimum absolute atomic E-state index is 0.0224. The number of hydrogen-bond donors (Lipinski definition) is 1. The summed E-state index contributed by atoms with van der Waals surface area (Å²) in [5.74, 6) is -0.351. The van der Waals surface area contributed by atoms with Crippen LogP contribution in [0.5, 0.6) is 0 Å². The molecular formula is C22H34N2O4. The summed E-state index contributed by atoms with van der Waals surface area (Å²) in [5.41, 5.74) is 2.13. The second-order valence-electron chi connectivity index (χ2n) is 7.78. The molecule has 156 valence electrons. The fourth-order valence-electron chi connectivity index (χ4n) is 3.05. The molecule has 0 heterocycles. The van der Waals surface area contributed by atoms with Crippen molar-refractivity contribution >= 4 is 11.8 Å². The van der Waals surface area contributed by atoms with Crippen LogP contribution in [0.1, 0.15) is 72.6 Å². The molecule has 0 aromatic heterocycles. The molecule has 2 unspecified atom stereocenters. The van der Waals surface area contributed by atoms with E-state index in [0.717, 1.165) is 31.3 Å². The summed E-state index contributed by atoms with van der Waals surface area (Å²) in [6.45, 7) is 11.4. The van der Waals surface area contributed by atoms with Crippen LogP contribution in [0.25, 0.3) is 0 Å². The first-order chi connectivity index (χ1) is 13.3. The Kier molecular flexibility index (Phi) is 10.4. The van der Waals surface area contributed by atoms with Crippen molar-refractivity contribution in [3.05, 3.63) is 40.6 Å². The van der Waals surface area contributed by atoms with Gasteiger partial charge in [-0.15, -0.1) is 4.91 Å². The molecule has 0 bridgehead atoms. The maximum absolute atomic E-state index is 12.7. The van der Waals surface area contributed by atoms with Crippen LogP contribution in [0.15, 0.2) is 40.9 Å². The number of carbonyl (C=O) groups is 2. The molecule has 1 N–H and O–H groups in total. The van der Waals surface area contributed by atoms with E-state index in [4.69, 9.17) is 4.74 Å². The molecule has 0 saturated carbocycles. The number of nitrogens with one attached hydrogen (secondary N) is 1. The molecule has 0 radical (unpaired) electrons. The van der Waals surface area contributed by atoms with Gasteiger partial charge in [-0.05, 0) is 49.4 Å². The molecule has 1 aliphatic rings. The number of hydrogen-bond acceptors (Lipinski definition) is 6. The molecule has 1 aliphatic carbocycles. The zero-order valence-electron chi connectivity index (χ0n) is 17.6. The van der Waals surface area contributed by atoms with Gasteiger partial charge < -0.3 is 14.8 Å². The molecule has 6 heteroatoms. The standard InChI is InChI=1S/C22H34N2O4/c1-6-7-8-9-18-12-19(24-27)14-20(13-18)28-22(26)21(15(2)3)23-16(4)10-11-17(5)25/h13-15,20-21,23H,4,6-12H2,1-3,5H3. The fraction of sp³-hybridized carbons (Fsp3) is 0.636. The maximum atomic E-state index is 12.7. The van der Waals surface area contributed by atoms with Crippen molar-refractivity contribution in [1.29, 1.82) is 0 Å². The average Bonchev–Trinajstić information content (AvgIpc) is 2.64. The lowest BCUT2D eigenvalue weighted by Gasteiger charge is -2.26. The summed E-state index contributed by atoms with van der Waals surface area (Å²) in [6.07, 6.45) is 8.50. The van der Waals surface area contributed by atoms with E-state index in [1.165, 1.54) is 6.92 Å². The smallest absolute Gasteiger partial charge is 0.329 e. The Morgan fingerprint density at radius 2 is 2.00 bits per heavy atom. The summed E-state index contributed by atoms with van der Waals surface area (Å²) < 4.78 is 5.65. The molecule has 0 aromatic rings. The van der Waals surface area contributed by atoms with Crippen molar-refractivity contribution in [3.8, 4) is 0 Å². The Balaban J connectivity index is 2.76. The fourth-order valence-corrected chi connectivity index (χ4v) is 3.05.